The van der Waals surface area contributed by atoms with Crippen LogP contribution >= 0.6 is 0 Å². The molecule has 0 heterocycles. The maximum atomic E-state index is 3.32. The van der Waals surface area contributed by atoms with Crippen LogP contribution in [0.2, 0.25) is 0 Å². The minimum Gasteiger partial charge on any atom is -0.317 e. The summed E-state index contributed by atoms with van der Waals surface area (Å²) in [6.45, 7) is 4.94. The summed E-state index contributed by atoms with van der Waals surface area (Å²) >= 11 is 0. The van der Waals surface area contributed by atoms with Crippen LogP contribution < -0.4 is 5.32 Å². The second-order valence-corrected chi connectivity index (χ2v) is 6.88. The molecular weight excluding hydrogens is 220 g/mol. The molecule has 0 amide bonds. The summed E-state index contributed by atoms with van der Waals surface area (Å²) in [5.74, 6) is 3.22. The van der Waals surface area contributed by atoms with Gasteiger partial charge in [0.25, 0.3) is 0 Å². The van der Waals surface area contributed by atoms with Crippen molar-refractivity contribution in [3.8, 4) is 0 Å². The number of rotatable bonds is 8. The largest absolute Gasteiger partial charge is 0.317 e. The van der Waals surface area contributed by atoms with Crippen LogP contribution in [0.1, 0.15) is 51.9 Å². The van der Waals surface area contributed by atoms with Crippen molar-refractivity contribution >= 4 is 0 Å². The van der Waals surface area contributed by atoms with Gasteiger partial charge in [0.2, 0.25) is 0 Å². The molecule has 2 saturated carbocycles. The molecule has 0 spiro atoms. The molecule has 0 aliphatic heterocycles. The Hall–Kier alpha value is -0.0800. The van der Waals surface area contributed by atoms with Crippen LogP contribution in [0.3, 0.4) is 0 Å². The van der Waals surface area contributed by atoms with E-state index in [0.717, 1.165) is 17.8 Å². The van der Waals surface area contributed by atoms with Crippen LogP contribution in [0.25, 0.3) is 0 Å². The minimum atomic E-state index is 0.681. The fraction of sp³-hybridized carbons (Fsp3) is 1.00. The lowest BCUT2D eigenvalue weighted by Gasteiger charge is -2.27. The summed E-state index contributed by atoms with van der Waals surface area (Å²) in [6.07, 6.45) is 10.2. The van der Waals surface area contributed by atoms with Gasteiger partial charge in [0.1, 0.15) is 0 Å². The van der Waals surface area contributed by atoms with Crippen LogP contribution in [-0.4, -0.2) is 38.1 Å². The summed E-state index contributed by atoms with van der Waals surface area (Å²) in [4.78, 5) is 2.59. The van der Waals surface area contributed by atoms with Gasteiger partial charge in [0.05, 0.1) is 0 Å². The Labute approximate surface area is 114 Å². The Morgan fingerprint density at radius 2 is 2.06 bits per heavy atom. The van der Waals surface area contributed by atoms with Crippen molar-refractivity contribution in [1.29, 1.82) is 0 Å². The van der Waals surface area contributed by atoms with Gasteiger partial charge >= 0.3 is 0 Å². The van der Waals surface area contributed by atoms with Crippen molar-refractivity contribution in [2.24, 2.45) is 17.8 Å². The Morgan fingerprint density at radius 1 is 1.22 bits per heavy atom. The van der Waals surface area contributed by atoms with Crippen LogP contribution in [-0.2, 0) is 0 Å². The molecule has 0 aromatic carbocycles. The summed E-state index contributed by atoms with van der Waals surface area (Å²) < 4.78 is 0. The predicted molar refractivity (Wildman–Crippen MR) is 78.8 cm³/mol. The molecule has 2 heteroatoms. The maximum Gasteiger partial charge on any atom is 0.00357 e. The Kier molecular flexibility index (Phi) is 5.50. The Balaban J connectivity index is 1.54. The molecule has 2 bridgehead atoms. The Bertz CT molecular complexity index is 241. The van der Waals surface area contributed by atoms with Gasteiger partial charge in [-0.1, -0.05) is 12.8 Å². The van der Waals surface area contributed by atoms with Gasteiger partial charge < -0.3 is 10.2 Å². The van der Waals surface area contributed by atoms with Crippen molar-refractivity contribution in [1.82, 2.24) is 10.2 Å². The van der Waals surface area contributed by atoms with E-state index in [2.05, 4.69) is 31.2 Å². The first-order valence-electron chi connectivity index (χ1n) is 8.05. The highest BCUT2D eigenvalue weighted by Crippen LogP contribution is 2.48. The zero-order chi connectivity index (χ0) is 13.0. The molecule has 2 aliphatic rings. The van der Waals surface area contributed by atoms with Crippen LogP contribution in [0.4, 0.5) is 0 Å². The van der Waals surface area contributed by atoms with E-state index in [1.807, 2.05) is 0 Å². The average Bonchev–Trinajstić information content (AvgIpc) is 2.96. The Morgan fingerprint density at radius 3 is 2.67 bits per heavy atom. The van der Waals surface area contributed by atoms with E-state index in [0.29, 0.717) is 6.04 Å². The number of hydrogen-bond donors (Lipinski definition) is 1. The van der Waals surface area contributed by atoms with E-state index in [4.69, 9.17) is 0 Å². The zero-order valence-corrected chi connectivity index (χ0v) is 12.6. The van der Waals surface area contributed by atoms with Gasteiger partial charge in [0, 0.05) is 12.6 Å². The summed E-state index contributed by atoms with van der Waals surface area (Å²) in [6, 6.07) is 0.681. The first kappa shape index (κ1) is 14.3. The normalized spacial score (nSPS) is 32.3. The first-order chi connectivity index (χ1) is 8.69. The third kappa shape index (κ3) is 3.96. The lowest BCUT2D eigenvalue weighted by Crippen LogP contribution is -2.29. The highest BCUT2D eigenvalue weighted by molar-refractivity contribution is 4.90. The highest BCUT2D eigenvalue weighted by atomic mass is 15.1. The second kappa shape index (κ2) is 6.91. The quantitative estimate of drug-likeness (QED) is 0.668. The molecule has 106 valence electrons. The van der Waals surface area contributed by atoms with Crippen molar-refractivity contribution in [2.75, 3.05) is 27.2 Å². The molecular formula is C16H32N2. The molecule has 0 aromatic rings. The van der Waals surface area contributed by atoms with Crippen LogP contribution in [0, 0.1) is 17.8 Å². The van der Waals surface area contributed by atoms with Crippen LogP contribution in [0.15, 0.2) is 0 Å². The van der Waals surface area contributed by atoms with Crippen LogP contribution in [0.5, 0.6) is 0 Å². The number of fused-ring (bicyclic) bond motifs is 2. The predicted octanol–water partition coefficient (Wildman–Crippen LogP) is 3.13. The zero-order valence-electron chi connectivity index (χ0n) is 12.6. The van der Waals surface area contributed by atoms with Crippen molar-refractivity contribution in [2.45, 2.75) is 57.9 Å². The molecule has 4 atom stereocenters. The minimum absolute atomic E-state index is 0.681. The van der Waals surface area contributed by atoms with Gasteiger partial charge in [-0.25, -0.2) is 0 Å². The number of nitrogens with zero attached hydrogens (tertiary/aromatic N) is 1. The van der Waals surface area contributed by atoms with Crippen molar-refractivity contribution in [3.05, 3.63) is 0 Å². The highest BCUT2D eigenvalue weighted by Gasteiger charge is 2.39. The average molecular weight is 252 g/mol. The second-order valence-electron chi connectivity index (χ2n) is 6.88. The molecule has 0 saturated heterocycles. The van der Waals surface area contributed by atoms with Gasteiger partial charge in [-0.05, 0) is 77.4 Å². The summed E-state index contributed by atoms with van der Waals surface area (Å²) in [7, 11) is 4.39. The topological polar surface area (TPSA) is 15.3 Å². The lowest BCUT2D eigenvalue weighted by atomic mass is 9.88. The van der Waals surface area contributed by atoms with E-state index < -0.39 is 0 Å². The third-order valence-corrected chi connectivity index (χ3v) is 5.35. The van der Waals surface area contributed by atoms with Gasteiger partial charge in [-0.2, -0.15) is 0 Å². The molecule has 0 aromatic heterocycles. The van der Waals surface area contributed by atoms with E-state index in [1.54, 1.807) is 6.42 Å². The van der Waals surface area contributed by atoms with Gasteiger partial charge in [-0.3, -0.25) is 0 Å². The van der Waals surface area contributed by atoms with Crippen molar-refractivity contribution in [3.63, 3.8) is 0 Å². The third-order valence-electron chi connectivity index (χ3n) is 5.35. The summed E-state index contributed by atoms with van der Waals surface area (Å²) in [5, 5.41) is 3.32. The molecule has 1 N–H and O–H groups in total. The fourth-order valence-electron chi connectivity index (χ4n) is 4.07. The number of hydrogen-bond acceptors (Lipinski definition) is 2. The van der Waals surface area contributed by atoms with E-state index in [9.17, 15) is 0 Å². The lowest BCUT2D eigenvalue weighted by molar-refractivity contribution is 0.216. The van der Waals surface area contributed by atoms with Gasteiger partial charge in [0.15, 0.2) is 0 Å². The van der Waals surface area contributed by atoms with E-state index in [-0.39, 0.29) is 0 Å². The molecule has 2 nitrogen and oxygen atoms in total. The molecule has 0 radical (unpaired) electrons. The van der Waals surface area contributed by atoms with Crippen molar-refractivity contribution < 1.29 is 0 Å². The maximum absolute atomic E-state index is 3.32. The molecule has 18 heavy (non-hydrogen) atoms. The first-order valence-corrected chi connectivity index (χ1v) is 8.05. The smallest absolute Gasteiger partial charge is 0.00357 e. The SMILES string of the molecule is CNC(C)CCCCN(C)CC1CC2CCC1C2. The molecule has 2 rings (SSSR count). The van der Waals surface area contributed by atoms with Gasteiger partial charge in [-0.15, -0.1) is 0 Å². The fourth-order valence-corrected chi connectivity index (χ4v) is 4.07. The number of nitrogens with one attached hydrogen (secondary N) is 1. The molecule has 2 aliphatic carbocycles. The van der Waals surface area contributed by atoms with E-state index in [1.165, 1.54) is 51.6 Å². The molecule has 4 unspecified atom stereocenters. The van der Waals surface area contributed by atoms with E-state index >= 15 is 0 Å². The molecule has 2 fully saturated rings. The summed E-state index contributed by atoms with van der Waals surface area (Å²) in [5.41, 5.74) is 0. The monoisotopic (exact) mass is 252 g/mol. The standard InChI is InChI=1S/C16H32N2/c1-13(17-2)6-4-5-9-18(3)12-16-11-14-7-8-15(16)10-14/h13-17H,4-12H2,1-3H3. The number of unbranched alkanes of at least 4 members (excludes halogenated alkanes) is 1.